The zero-order valence-electron chi connectivity index (χ0n) is 17.0. The molecule has 2 atom stereocenters. The fourth-order valence-corrected chi connectivity index (χ4v) is 3.70. The van der Waals surface area contributed by atoms with Gasteiger partial charge in [0.1, 0.15) is 17.6 Å². The van der Waals surface area contributed by atoms with Crippen molar-refractivity contribution >= 4 is 28.6 Å². The SMILES string of the molecule is O=C(NNC(=O)[C@@H]1C[C@H](O)CN1C(=O)Cc1ccccc1F)c1ccc2ccccc2n1. The van der Waals surface area contributed by atoms with E-state index in [1.807, 2.05) is 12.1 Å². The summed E-state index contributed by atoms with van der Waals surface area (Å²) in [5, 5.41) is 10.9. The van der Waals surface area contributed by atoms with Crippen LogP contribution in [-0.2, 0) is 16.0 Å². The number of carbonyl (C=O) groups is 3. The van der Waals surface area contributed by atoms with Crippen LogP contribution in [0.5, 0.6) is 0 Å². The number of aromatic nitrogens is 1. The Bertz CT molecular complexity index is 1190. The molecule has 9 heteroatoms. The Morgan fingerprint density at radius 1 is 1.03 bits per heavy atom. The third kappa shape index (κ3) is 4.57. The average molecular weight is 436 g/mol. The molecular formula is C23H21FN4O4. The Morgan fingerprint density at radius 2 is 1.78 bits per heavy atom. The van der Waals surface area contributed by atoms with Gasteiger partial charge in [0.2, 0.25) is 5.91 Å². The molecule has 3 aromatic rings. The molecule has 2 heterocycles. The summed E-state index contributed by atoms with van der Waals surface area (Å²) in [4.78, 5) is 43.2. The van der Waals surface area contributed by atoms with Crippen molar-refractivity contribution in [3.63, 3.8) is 0 Å². The molecule has 2 aromatic carbocycles. The molecule has 32 heavy (non-hydrogen) atoms. The maximum atomic E-state index is 13.9. The van der Waals surface area contributed by atoms with E-state index in [9.17, 15) is 23.9 Å². The predicted octanol–water partition coefficient (Wildman–Crippen LogP) is 1.34. The second kappa shape index (κ2) is 9.11. The standard InChI is InChI=1S/C23H21FN4O4/c24-17-7-3-1-6-15(17)11-21(30)28-13-16(29)12-20(28)23(32)27-26-22(31)19-10-9-14-5-2-4-8-18(14)25-19/h1-10,16,20,29H,11-13H2,(H,26,31)(H,27,32)/t16-,20-/m0/s1. The van der Waals surface area contributed by atoms with Crippen LogP contribution in [0.25, 0.3) is 10.9 Å². The first kappa shape index (κ1) is 21.4. The number of amides is 3. The van der Waals surface area contributed by atoms with E-state index in [-0.39, 0.29) is 30.6 Å². The average Bonchev–Trinajstić information content (AvgIpc) is 3.20. The number of nitrogens with one attached hydrogen (secondary N) is 2. The molecule has 1 aromatic heterocycles. The number of fused-ring (bicyclic) bond motifs is 1. The minimum absolute atomic E-state index is 0.0128. The first-order valence-corrected chi connectivity index (χ1v) is 10.1. The second-order valence-corrected chi connectivity index (χ2v) is 7.55. The van der Waals surface area contributed by atoms with Crippen LogP contribution in [0.3, 0.4) is 0 Å². The van der Waals surface area contributed by atoms with Gasteiger partial charge in [-0.05, 0) is 23.8 Å². The predicted molar refractivity (Wildman–Crippen MR) is 114 cm³/mol. The number of hydrogen-bond donors (Lipinski definition) is 3. The van der Waals surface area contributed by atoms with E-state index in [1.54, 1.807) is 24.3 Å². The summed E-state index contributed by atoms with van der Waals surface area (Å²) in [5.74, 6) is -2.28. The Labute approximate surface area is 183 Å². The van der Waals surface area contributed by atoms with Crippen LogP contribution >= 0.6 is 0 Å². The third-order valence-corrected chi connectivity index (χ3v) is 5.33. The lowest BCUT2D eigenvalue weighted by Crippen LogP contribution is -2.52. The quantitative estimate of drug-likeness (QED) is 0.535. The molecule has 3 amide bonds. The van der Waals surface area contributed by atoms with Crippen molar-refractivity contribution in [3.8, 4) is 0 Å². The van der Waals surface area contributed by atoms with Gasteiger partial charge in [-0.2, -0.15) is 0 Å². The summed E-state index contributed by atoms with van der Waals surface area (Å²) in [6.07, 6.45) is -1.12. The summed E-state index contributed by atoms with van der Waals surface area (Å²) in [7, 11) is 0. The molecule has 0 radical (unpaired) electrons. The van der Waals surface area contributed by atoms with Crippen molar-refractivity contribution < 1.29 is 23.9 Å². The molecule has 0 spiro atoms. The first-order chi connectivity index (χ1) is 15.4. The van der Waals surface area contributed by atoms with Crippen molar-refractivity contribution in [1.29, 1.82) is 0 Å². The molecule has 164 valence electrons. The number of likely N-dealkylation sites (tertiary alicyclic amines) is 1. The monoisotopic (exact) mass is 436 g/mol. The normalized spacial score (nSPS) is 17.9. The van der Waals surface area contributed by atoms with Gasteiger partial charge in [-0.15, -0.1) is 0 Å². The molecular weight excluding hydrogens is 415 g/mol. The highest BCUT2D eigenvalue weighted by atomic mass is 19.1. The zero-order chi connectivity index (χ0) is 22.7. The lowest BCUT2D eigenvalue weighted by Gasteiger charge is -2.24. The number of carbonyl (C=O) groups excluding carboxylic acids is 3. The summed E-state index contributed by atoms with van der Waals surface area (Å²) in [6, 6.07) is 15.5. The van der Waals surface area contributed by atoms with Gasteiger partial charge in [-0.3, -0.25) is 25.2 Å². The van der Waals surface area contributed by atoms with Gasteiger partial charge in [-0.1, -0.05) is 42.5 Å². The smallest absolute Gasteiger partial charge is 0.288 e. The molecule has 1 aliphatic rings. The van der Waals surface area contributed by atoms with E-state index in [2.05, 4.69) is 15.8 Å². The number of hydrogen-bond acceptors (Lipinski definition) is 5. The minimum atomic E-state index is -0.992. The van der Waals surface area contributed by atoms with E-state index in [4.69, 9.17) is 0 Å². The number of nitrogens with zero attached hydrogens (tertiary/aromatic N) is 2. The fourth-order valence-electron chi connectivity index (χ4n) is 3.70. The molecule has 0 aliphatic carbocycles. The highest BCUT2D eigenvalue weighted by molar-refractivity contribution is 5.97. The van der Waals surface area contributed by atoms with Crippen LogP contribution in [0, 0.1) is 5.82 Å². The molecule has 3 N–H and O–H groups in total. The number of hydrazine groups is 1. The van der Waals surface area contributed by atoms with Gasteiger partial charge in [0.05, 0.1) is 18.0 Å². The number of pyridine rings is 1. The van der Waals surface area contributed by atoms with Crippen molar-refractivity contribution in [3.05, 3.63) is 77.7 Å². The first-order valence-electron chi connectivity index (χ1n) is 10.1. The van der Waals surface area contributed by atoms with E-state index < -0.39 is 35.7 Å². The van der Waals surface area contributed by atoms with E-state index >= 15 is 0 Å². The van der Waals surface area contributed by atoms with Crippen molar-refractivity contribution in [2.45, 2.75) is 25.0 Å². The van der Waals surface area contributed by atoms with Gasteiger partial charge in [0.15, 0.2) is 0 Å². The molecule has 1 saturated heterocycles. The highest BCUT2D eigenvalue weighted by Crippen LogP contribution is 2.20. The van der Waals surface area contributed by atoms with Crippen molar-refractivity contribution in [2.75, 3.05) is 6.54 Å². The van der Waals surface area contributed by atoms with Gasteiger partial charge < -0.3 is 10.0 Å². The topological polar surface area (TPSA) is 112 Å². The Kier molecular flexibility index (Phi) is 6.09. The molecule has 0 unspecified atom stereocenters. The van der Waals surface area contributed by atoms with E-state index in [1.165, 1.54) is 29.2 Å². The Hall–Kier alpha value is -3.85. The number of aliphatic hydroxyl groups excluding tert-OH is 1. The molecule has 0 saturated carbocycles. The van der Waals surface area contributed by atoms with Gasteiger partial charge in [0.25, 0.3) is 11.8 Å². The van der Waals surface area contributed by atoms with Crippen LogP contribution in [0.1, 0.15) is 22.5 Å². The number of β-amino-alcohol motifs (C(OH)–C–C–N with tert-alkyl or cyclic N) is 1. The summed E-state index contributed by atoms with van der Waals surface area (Å²) < 4.78 is 13.9. The third-order valence-electron chi connectivity index (χ3n) is 5.33. The Balaban J connectivity index is 1.40. The van der Waals surface area contributed by atoms with Crippen LogP contribution in [0.4, 0.5) is 4.39 Å². The lowest BCUT2D eigenvalue weighted by atomic mass is 10.1. The maximum Gasteiger partial charge on any atom is 0.288 e. The maximum absolute atomic E-state index is 13.9. The van der Waals surface area contributed by atoms with Crippen LogP contribution < -0.4 is 10.9 Å². The molecule has 4 rings (SSSR count). The lowest BCUT2D eigenvalue weighted by molar-refractivity contribution is -0.138. The van der Waals surface area contributed by atoms with E-state index in [0.717, 1.165) is 5.39 Å². The fraction of sp³-hybridized carbons (Fsp3) is 0.217. The molecule has 8 nitrogen and oxygen atoms in total. The van der Waals surface area contributed by atoms with Crippen molar-refractivity contribution in [1.82, 2.24) is 20.7 Å². The van der Waals surface area contributed by atoms with Crippen LogP contribution in [-0.4, -0.2) is 51.4 Å². The minimum Gasteiger partial charge on any atom is -0.391 e. The Morgan fingerprint density at radius 3 is 2.59 bits per heavy atom. The largest absolute Gasteiger partial charge is 0.391 e. The van der Waals surface area contributed by atoms with Gasteiger partial charge in [0, 0.05) is 18.4 Å². The summed E-state index contributed by atoms with van der Waals surface area (Å²) >= 11 is 0. The van der Waals surface area contributed by atoms with Crippen LogP contribution in [0.15, 0.2) is 60.7 Å². The highest BCUT2D eigenvalue weighted by Gasteiger charge is 2.39. The van der Waals surface area contributed by atoms with Gasteiger partial charge >= 0.3 is 0 Å². The second-order valence-electron chi connectivity index (χ2n) is 7.55. The molecule has 0 bridgehead atoms. The van der Waals surface area contributed by atoms with Gasteiger partial charge in [-0.25, -0.2) is 9.37 Å². The number of aliphatic hydroxyl groups is 1. The molecule has 1 aliphatic heterocycles. The number of rotatable bonds is 4. The van der Waals surface area contributed by atoms with E-state index in [0.29, 0.717) is 5.52 Å². The number of benzene rings is 2. The molecule has 1 fully saturated rings. The zero-order valence-corrected chi connectivity index (χ0v) is 17.0. The van der Waals surface area contributed by atoms with Crippen LogP contribution in [0.2, 0.25) is 0 Å². The number of halogens is 1. The number of para-hydroxylation sites is 1. The summed E-state index contributed by atoms with van der Waals surface area (Å²) in [6.45, 7) is -0.0501. The van der Waals surface area contributed by atoms with Crippen molar-refractivity contribution in [2.24, 2.45) is 0 Å². The summed E-state index contributed by atoms with van der Waals surface area (Å²) in [5.41, 5.74) is 5.54.